The molecule has 61 valence electrons. The third kappa shape index (κ3) is 1.50. The van der Waals surface area contributed by atoms with Crippen molar-refractivity contribution in [2.45, 2.75) is 25.3 Å². The van der Waals surface area contributed by atoms with E-state index in [1.807, 2.05) is 0 Å². The van der Waals surface area contributed by atoms with Gasteiger partial charge >= 0.3 is 6.41 Å². The van der Waals surface area contributed by atoms with E-state index in [1.165, 1.54) is 10.0 Å². The molecule has 1 fully saturated rings. The summed E-state index contributed by atoms with van der Waals surface area (Å²) in [7, 11) is 1.55. The van der Waals surface area contributed by atoms with Crippen molar-refractivity contribution in [2.24, 2.45) is 0 Å². The summed E-state index contributed by atoms with van der Waals surface area (Å²) in [5.41, 5.74) is 0. The molecule has 1 rings (SSSR count). The highest BCUT2D eigenvalue weighted by atomic mass is 16.2. The van der Waals surface area contributed by atoms with Crippen LogP contribution in [0.4, 0.5) is 0 Å². The number of nitrogens with zero attached hydrogens (tertiary/aromatic N) is 2. The maximum atomic E-state index is 10.3. The highest BCUT2D eigenvalue weighted by Crippen LogP contribution is 2.23. The molecule has 0 aliphatic heterocycles. The monoisotopic (exact) mass is 155 g/mol. The molecule has 0 spiro atoms. The van der Waals surface area contributed by atoms with Gasteiger partial charge in [-0.15, -0.1) is 0 Å². The van der Waals surface area contributed by atoms with Gasteiger partial charge in [0.2, 0.25) is 6.41 Å². The lowest BCUT2D eigenvalue weighted by molar-refractivity contribution is -0.129. The van der Waals surface area contributed by atoms with Crippen LogP contribution in [0.15, 0.2) is 0 Å². The SMILES string of the molecule is CN(C=O)N([C]=O)C1CCC1. The summed E-state index contributed by atoms with van der Waals surface area (Å²) in [6.45, 7) is 0. The molecule has 0 aromatic heterocycles. The lowest BCUT2D eigenvalue weighted by Gasteiger charge is -2.37. The second-order valence-electron chi connectivity index (χ2n) is 2.70. The van der Waals surface area contributed by atoms with E-state index in [9.17, 15) is 9.59 Å². The topological polar surface area (TPSA) is 40.6 Å². The Balaban J connectivity index is 2.46. The average Bonchev–Trinajstić information content (AvgIpc) is 1.94. The Labute approximate surface area is 65.7 Å². The lowest BCUT2D eigenvalue weighted by Crippen LogP contribution is -2.48. The van der Waals surface area contributed by atoms with Gasteiger partial charge in [-0.1, -0.05) is 0 Å². The molecule has 1 aliphatic carbocycles. The van der Waals surface area contributed by atoms with Gasteiger partial charge in [-0.2, -0.15) is 0 Å². The van der Waals surface area contributed by atoms with Crippen LogP contribution >= 0.6 is 0 Å². The van der Waals surface area contributed by atoms with Gasteiger partial charge in [-0.05, 0) is 19.3 Å². The normalized spacial score (nSPS) is 16.8. The molecule has 1 aliphatic rings. The van der Waals surface area contributed by atoms with Crippen LogP contribution in [0.25, 0.3) is 0 Å². The van der Waals surface area contributed by atoms with Crippen LogP contribution in [0.3, 0.4) is 0 Å². The van der Waals surface area contributed by atoms with Gasteiger partial charge in [-0.25, -0.2) is 5.01 Å². The molecule has 1 radical (unpaired) electrons. The predicted octanol–water partition coefficient (Wildman–Crippen LogP) is -0.0887. The van der Waals surface area contributed by atoms with Crippen molar-refractivity contribution in [3.8, 4) is 0 Å². The van der Waals surface area contributed by atoms with Crippen LogP contribution in [-0.2, 0) is 9.59 Å². The van der Waals surface area contributed by atoms with Crippen molar-refractivity contribution in [2.75, 3.05) is 7.05 Å². The average molecular weight is 155 g/mol. The summed E-state index contributed by atoms with van der Waals surface area (Å²) in [6.07, 6.45) is 5.44. The van der Waals surface area contributed by atoms with E-state index in [0.29, 0.717) is 6.41 Å². The van der Waals surface area contributed by atoms with E-state index in [4.69, 9.17) is 0 Å². The van der Waals surface area contributed by atoms with Crippen molar-refractivity contribution in [1.29, 1.82) is 0 Å². The number of hydrogen-bond donors (Lipinski definition) is 0. The maximum absolute atomic E-state index is 10.3. The molecule has 0 heterocycles. The third-order valence-corrected chi connectivity index (χ3v) is 2.01. The summed E-state index contributed by atoms with van der Waals surface area (Å²) < 4.78 is 0. The van der Waals surface area contributed by atoms with Gasteiger partial charge in [0.05, 0.1) is 6.04 Å². The molecule has 0 aromatic rings. The van der Waals surface area contributed by atoms with Crippen LogP contribution in [0, 0.1) is 0 Å². The molecule has 0 bridgehead atoms. The number of hydrazine groups is 1. The lowest BCUT2D eigenvalue weighted by atomic mass is 9.93. The van der Waals surface area contributed by atoms with Gasteiger partial charge in [0.1, 0.15) is 0 Å². The molecule has 1 saturated carbocycles. The Morgan fingerprint density at radius 1 is 1.55 bits per heavy atom. The first kappa shape index (κ1) is 8.04. The molecule has 2 amide bonds. The predicted molar refractivity (Wildman–Crippen MR) is 39.0 cm³/mol. The zero-order valence-corrected chi connectivity index (χ0v) is 6.49. The number of amides is 2. The molecule has 0 saturated heterocycles. The Bertz CT molecular complexity index is 157. The molecule has 0 N–H and O–H groups in total. The second kappa shape index (κ2) is 3.37. The zero-order chi connectivity index (χ0) is 8.27. The largest absolute Gasteiger partial charge is 0.332 e. The quantitative estimate of drug-likeness (QED) is 0.323. The molecule has 4 heteroatoms. The Morgan fingerprint density at radius 3 is 2.45 bits per heavy atom. The van der Waals surface area contributed by atoms with Crippen molar-refractivity contribution in [3.63, 3.8) is 0 Å². The van der Waals surface area contributed by atoms with Gasteiger partial charge in [-0.3, -0.25) is 14.6 Å². The van der Waals surface area contributed by atoms with Crippen molar-refractivity contribution < 1.29 is 9.59 Å². The van der Waals surface area contributed by atoms with Crippen LogP contribution < -0.4 is 0 Å². The summed E-state index contributed by atoms with van der Waals surface area (Å²) in [5, 5.41) is 2.55. The van der Waals surface area contributed by atoms with Crippen LogP contribution in [0.2, 0.25) is 0 Å². The fraction of sp³-hybridized carbons (Fsp3) is 0.714. The molecule has 0 unspecified atom stereocenters. The van der Waals surface area contributed by atoms with E-state index in [0.717, 1.165) is 19.3 Å². The minimum Gasteiger partial charge on any atom is -0.277 e. The number of carbonyl (C=O) groups excluding carboxylic acids is 2. The summed E-state index contributed by atoms with van der Waals surface area (Å²) in [6, 6.07) is 0.197. The molecule has 0 atom stereocenters. The fourth-order valence-electron chi connectivity index (χ4n) is 1.08. The van der Waals surface area contributed by atoms with E-state index in [1.54, 1.807) is 13.5 Å². The Hall–Kier alpha value is -1.06. The first-order valence-corrected chi connectivity index (χ1v) is 3.64. The Kier molecular flexibility index (Phi) is 2.46. The third-order valence-electron chi connectivity index (χ3n) is 2.01. The number of hydrogen-bond acceptors (Lipinski definition) is 2. The Morgan fingerprint density at radius 2 is 2.18 bits per heavy atom. The first-order valence-electron chi connectivity index (χ1n) is 3.64. The summed E-state index contributed by atoms with van der Waals surface area (Å²) >= 11 is 0. The highest BCUT2D eigenvalue weighted by molar-refractivity contribution is 5.55. The highest BCUT2D eigenvalue weighted by Gasteiger charge is 2.26. The van der Waals surface area contributed by atoms with Gasteiger partial charge in [0.25, 0.3) is 0 Å². The van der Waals surface area contributed by atoms with E-state index < -0.39 is 0 Å². The minimum absolute atomic E-state index is 0.197. The second-order valence-corrected chi connectivity index (χ2v) is 2.70. The van der Waals surface area contributed by atoms with Crippen LogP contribution in [0.5, 0.6) is 0 Å². The zero-order valence-electron chi connectivity index (χ0n) is 6.49. The first-order chi connectivity index (χ1) is 5.29. The van der Waals surface area contributed by atoms with E-state index in [2.05, 4.69) is 0 Å². The van der Waals surface area contributed by atoms with Crippen LogP contribution in [-0.4, -0.2) is 35.9 Å². The minimum atomic E-state index is 0.197. The van der Waals surface area contributed by atoms with Crippen molar-refractivity contribution >= 4 is 12.8 Å². The van der Waals surface area contributed by atoms with Gasteiger partial charge in [0.15, 0.2) is 0 Å². The van der Waals surface area contributed by atoms with E-state index in [-0.39, 0.29) is 6.04 Å². The van der Waals surface area contributed by atoms with Gasteiger partial charge in [0, 0.05) is 7.05 Å². The van der Waals surface area contributed by atoms with Gasteiger partial charge < -0.3 is 0 Å². The summed E-state index contributed by atoms with van der Waals surface area (Å²) in [5.74, 6) is 0. The van der Waals surface area contributed by atoms with E-state index >= 15 is 0 Å². The molecule has 0 aromatic carbocycles. The smallest absolute Gasteiger partial charge is 0.277 e. The molecular weight excluding hydrogens is 144 g/mol. The number of rotatable bonds is 4. The maximum Gasteiger partial charge on any atom is 0.332 e. The molecule has 4 nitrogen and oxygen atoms in total. The fourth-order valence-corrected chi connectivity index (χ4v) is 1.08. The molecule has 11 heavy (non-hydrogen) atoms. The van der Waals surface area contributed by atoms with Crippen molar-refractivity contribution in [1.82, 2.24) is 10.0 Å². The molecular formula is C7H11N2O2. The standard InChI is InChI=1S/C7H11N2O2/c1-8(5-10)9(6-11)7-3-2-4-7/h5,7H,2-4H2,1H3. The van der Waals surface area contributed by atoms with Crippen LogP contribution in [0.1, 0.15) is 19.3 Å². The number of carbonyl (C=O) groups is 1. The van der Waals surface area contributed by atoms with Crippen molar-refractivity contribution in [3.05, 3.63) is 0 Å². The summed E-state index contributed by atoms with van der Waals surface area (Å²) in [4.78, 5) is 20.6.